The van der Waals surface area contributed by atoms with E-state index < -0.39 is 35.9 Å². The number of halogens is 6. The van der Waals surface area contributed by atoms with Gasteiger partial charge < -0.3 is 9.47 Å². The van der Waals surface area contributed by atoms with Crippen LogP contribution in [0, 0.1) is 5.92 Å². The van der Waals surface area contributed by atoms with Crippen molar-refractivity contribution in [1.29, 1.82) is 0 Å². The first-order chi connectivity index (χ1) is 14.5. The van der Waals surface area contributed by atoms with E-state index in [2.05, 4.69) is 6.58 Å². The van der Waals surface area contributed by atoms with Crippen molar-refractivity contribution in [3.8, 4) is 0 Å². The first kappa shape index (κ1) is 23.3. The van der Waals surface area contributed by atoms with Crippen molar-refractivity contribution in [2.24, 2.45) is 5.92 Å². The first-order valence-electron chi connectivity index (χ1n) is 9.74. The molecule has 2 aromatic rings. The standard InChI is InChI=1S/C23H22F6O2/c1-3-15-9-10-30-21(20(15)16-7-5-4-6-8-16)31-14(2)17-11-18(22(24,25)26)13-19(12-17)23(27,28)29/h3-8,11-15,20-21H,1,9-10H2,2H3/t14-,15+,20+,21-/m1/s1. The first-order valence-corrected chi connectivity index (χ1v) is 9.74. The van der Waals surface area contributed by atoms with Gasteiger partial charge in [-0.2, -0.15) is 26.3 Å². The molecule has 0 N–H and O–H groups in total. The van der Waals surface area contributed by atoms with Crippen LogP contribution in [-0.2, 0) is 21.8 Å². The van der Waals surface area contributed by atoms with Gasteiger partial charge >= 0.3 is 12.4 Å². The van der Waals surface area contributed by atoms with E-state index in [1.165, 1.54) is 6.92 Å². The lowest BCUT2D eigenvalue weighted by Gasteiger charge is -2.38. The highest BCUT2D eigenvalue weighted by atomic mass is 19.4. The third-order valence-corrected chi connectivity index (χ3v) is 5.39. The predicted molar refractivity (Wildman–Crippen MR) is 103 cm³/mol. The molecular weight excluding hydrogens is 422 g/mol. The van der Waals surface area contributed by atoms with Gasteiger partial charge in [0.05, 0.1) is 23.8 Å². The Labute approximate surface area is 176 Å². The fraction of sp³-hybridized carbons (Fsp3) is 0.391. The van der Waals surface area contributed by atoms with Gasteiger partial charge in [-0.25, -0.2) is 0 Å². The summed E-state index contributed by atoms with van der Waals surface area (Å²) in [6.07, 6.45) is -9.30. The fourth-order valence-corrected chi connectivity index (χ4v) is 3.77. The van der Waals surface area contributed by atoms with Gasteiger partial charge in [0.2, 0.25) is 0 Å². The van der Waals surface area contributed by atoms with E-state index >= 15 is 0 Å². The van der Waals surface area contributed by atoms with E-state index in [0.717, 1.165) is 5.56 Å². The van der Waals surface area contributed by atoms with Crippen molar-refractivity contribution < 1.29 is 35.8 Å². The average molecular weight is 444 g/mol. The van der Waals surface area contributed by atoms with Crippen LogP contribution < -0.4 is 0 Å². The van der Waals surface area contributed by atoms with Gasteiger partial charge in [-0.05, 0) is 48.6 Å². The second kappa shape index (κ2) is 9.04. The minimum absolute atomic E-state index is 0.0133. The van der Waals surface area contributed by atoms with Gasteiger partial charge in [0.25, 0.3) is 0 Å². The van der Waals surface area contributed by atoms with Crippen LogP contribution in [0.4, 0.5) is 26.3 Å². The van der Waals surface area contributed by atoms with Crippen LogP contribution in [0.5, 0.6) is 0 Å². The van der Waals surface area contributed by atoms with E-state index in [4.69, 9.17) is 9.47 Å². The summed E-state index contributed by atoms with van der Waals surface area (Å²) in [4.78, 5) is 0. The van der Waals surface area contributed by atoms with Crippen molar-refractivity contribution in [2.45, 2.75) is 44.0 Å². The molecule has 0 aromatic heterocycles. The van der Waals surface area contributed by atoms with Gasteiger partial charge in [0, 0.05) is 5.92 Å². The number of alkyl halides is 6. The molecule has 2 nitrogen and oxygen atoms in total. The molecular formula is C23H22F6O2. The van der Waals surface area contributed by atoms with Crippen LogP contribution in [0.3, 0.4) is 0 Å². The third-order valence-electron chi connectivity index (χ3n) is 5.39. The number of hydrogen-bond donors (Lipinski definition) is 0. The highest BCUT2D eigenvalue weighted by Gasteiger charge is 2.39. The number of benzene rings is 2. The smallest absolute Gasteiger partial charge is 0.352 e. The van der Waals surface area contributed by atoms with E-state index in [0.29, 0.717) is 25.2 Å². The van der Waals surface area contributed by atoms with Crippen LogP contribution >= 0.6 is 0 Å². The molecule has 0 amide bonds. The number of allylic oxidation sites excluding steroid dienone is 1. The topological polar surface area (TPSA) is 18.5 Å². The SMILES string of the molecule is C=C[C@H]1CCO[C@H](O[C@H](C)c2cc(C(F)(F)F)cc(C(F)(F)F)c2)[C@@H]1c1ccccc1. The summed E-state index contributed by atoms with van der Waals surface area (Å²) in [5.74, 6) is -0.302. The Morgan fingerprint density at radius 2 is 1.58 bits per heavy atom. The van der Waals surface area contributed by atoms with Crippen LogP contribution in [0.2, 0.25) is 0 Å². The zero-order chi connectivity index (χ0) is 22.8. The Morgan fingerprint density at radius 3 is 2.10 bits per heavy atom. The number of ether oxygens (including phenoxy) is 2. The maximum atomic E-state index is 13.2. The van der Waals surface area contributed by atoms with Gasteiger partial charge in [-0.15, -0.1) is 6.58 Å². The minimum Gasteiger partial charge on any atom is -0.352 e. The molecule has 0 unspecified atom stereocenters. The van der Waals surface area contributed by atoms with Crippen molar-refractivity contribution in [3.05, 3.63) is 83.4 Å². The maximum absolute atomic E-state index is 13.2. The Morgan fingerprint density at radius 1 is 1.00 bits per heavy atom. The molecule has 1 aliphatic heterocycles. The summed E-state index contributed by atoms with van der Waals surface area (Å²) in [5, 5.41) is 0. The fourth-order valence-electron chi connectivity index (χ4n) is 3.77. The van der Waals surface area contributed by atoms with Crippen molar-refractivity contribution in [2.75, 3.05) is 6.61 Å². The largest absolute Gasteiger partial charge is 0.416 e. The zero-order valence-electron chi connectivity index (χ0n) is 16.7. The highest BCUT2D eigenvalue weighted by molar-refractivity contribution is 5.35. The molecule has 0 bridgehead atoms. The van der Waals surface area contributed by atoms with Gasteiger partial charge in [-0.1, -0.05) is 36.4 Å². The summed E-state index contributed by atoms with van der Waals surface area (Å²) in [6.45, 7) is 5.60. The lowest BCUT2D eigenvalue weighted by atomic mass is 9.82. The predicted octanol–water partition coefficient (Wildman–Crippen LogP) is 7.13. The molecule has 0 aliphatic carbocycles. The quantitative estimate of drug-likeness (QED) is 0.361. The molecule has 168 valence electrons. The second-order valence-electron chi connectivity index (χ2n) is 7.48. The molecule has 0 spiro atoms. The molecule has 1 fully saturated rings. The van der Waals surface area contributed by atoms with E-state index in [1.54, 1.807) is 6.08 Å². The highest BCUT2D eigenvalue weighted by Crippen LogP contribution is 2.41. The lowest BCUT2D eigenvalue weighted by Crippen LogP contribution is -2.36. The molecule has 31 heavy (non-hydrogen) atoms. The van der Waals surface area contributed by atoms with Crippen LogP contribution in [0.1, 0.15) is 47.6 Å². The maximum Gasteiger partial charge on any atom is 0.416 e. The molecule has 0 radical (unpaired) electrons. The monoisotopic (exact) mass is 444 g/mol. The molecule has 4 atom stereocenters. The summed E-state index contributed by atoms with van der Waals surface area (Å²) in [6, 6.07) is 10.8. The Hall–Kier alpha value is -2.32. The Bertz CT molecular complexity index is 859. The molecule has 2 aromatic carbocycles. The van der Waals surface area contributed by atoms with E-state index in [1.807, 2.05) is 30.3 Å². The van der Waals surface area contributed by atoms with E-state index in [9.17, 15) is 26.3 Å². The van der Waals surface area contributed by atoms with Crippen molar-refractivity contribution in [3.63, 3.8) is 0 Å². The van der Waals surface area contributed by atoms with E-state index in [-0.39, 0.29) is 23.5 Å². The molecule has 0 saturated carbocycles. The number of rotatable bonds is 5. The van der Waals surface area contributed by atoms with Crippen LogP contribution in [0.15, 0.2) is 61.2 Å². The van der Waals surface area contributed by atoms with Crippen molar-refractivity contribution in [1.82, 2.24) is 0 Å². The van der Waals surface area contributed by atoms with Crippen LogP contribution in [-0.4, -0.2) is 12.9 Å². The van der Waals surface area contributed by atoms with Gasteiger partial charge in [-0.3, -0.25) is 0 Å². The molecule has 8 heteroatoms. The summed E-state index contributed by atoms with van der Waals surface area (Å²) < 4.78 is 90.8. The summed E-state index contributed by atoms with van der Waals surface area (Å²) in [7, 11) is 0. The zero-order valence-corrected chi connectivity index (χ0v) is 16.7. The van der Waals surface area contributed by atoms with Gasteiger partial charge in [0.15, 0.2) is 6.29 Å². The summed E-state index contributed by atoms with van der Waals surface area (Å²) >= 11 is 0. The molecule has 1 saturated heterocycles. The normalized spacial score (nSPS) is 23.4. The third kappa shape index (κ3) is 5.49. The van der Waals surface area contributed by atoms with Crippen molar-refractivity contribution >= 4 is 0 Å². The molecule has 3 rings (SSSR count). The summed E-state index contributed by atoms with van der Waals surface area (Å²) in [5.41, 5.74) is -2.08. The second-order valence-corrected chi connectivity index (χ2v) is 7.48. The average Bonchev–Trinajstić information content (AvgIpc) is 2.72. The van der Waals surface area contributed by atoms with Crippen LogP contribution in [0.25, 0.3) is 0 Å². The van der Waals surface area contributed by atoms with Gasteiger partial charge in [0.1, 0.15) is 0 Å². The number of hydrogen-bond acceptors (Lipinski definition) is 2. The lowest BCUT2D eigenvalue weighted by molar-refractivity contribution is -0.205. The Balaban J connectivity index is 1.93. The molecule has 1 heterocycles. The Kier molecular flexibility index (Phi) is 6.81. The minimum atomic E-state index is -4.92. The molecule has 1 aliphatic rings.